The van der Waals surface area contributed by atoms with Crippen molar-refractivity contribution in [3.05, 3.63) is 59.7 Å². The van der Waals surface area contributed by atoms with Crippen LogP contribution in [0.3, 0.4) is 0 Å². The van der Waals surface area contributed by atoms with Crippen LogP contribution in [0.25, 0.3) is 0 Å². The lowest BCUT2D eigenvalue weighted by Crippen LogP contribution is -2.09. The minimum Gasteiger partial charge on any atom is -0.488 e. The monoisotopic (exact) mass is 318 g/mol. The van der Waals surface area contributed by atoms with E-state index in [4.69, 9.17) is 9.47 Å². The van der Waals surface area contributed by atoms with E-state index >= 15 is 0 Å². The lowest BCUT2D eigenvalue weighted by Gasteiger charge is -2.18. The Morgan fingerprint density at radius 1 is 1.09 bits per heavy atom. The van der Waals surface area contributed by atoms with Gasteiger partial charge in [-0.05, 0) is 31.9 Å². The Morgan fingerprint density at radius 3 is 2.36 bits per heavy atom. The van der Waals surface area contributed by atoms with Crippen LogP contribution in [0.2, 0.25) is 0 Å². The van der Waals surface area contributed by atoms with Crippen molar-refractivity contribution in [3.63, 3.8) is 0 Å². The van der Waals surface area contributed by atoms with Crippen molar-refractivity contribution in [2.24, 2.45) is 0 Å². The number of hydrogen-bond donors (Lipinski definition) is 0. The van der Waals surface area contributed by atoms with Crippen molar-refractivity contribution in [2.75, 3.05) is 20.4 Å². The second-order valence-corrected chi connectivity index (χ2v) is 8.94. The third-order valence-electron chi connectivity index (χ3n) is 3.65. The Labute approximate surface area is 132 Å². The molecule has 0 saturated carbocycles. The number of benzene rings is 2. The standard InChI is InChI=1S/C18H23O3P/c1-14(20-2)17-11-10-16(22(3,4)19)12-18(17)21-13-15-8-6-5-7-9-15/h5-12,14H,13H2,1-4H3/t14-/m0/s1. The molecule has 0 bridgehead atoms. The molecule has 0 spiro atoms. The first-order chi connectivity index (χ1) is 10.4. The van der Waals surface area contributed by atoms with Crippen molar-refractivity contribution < 1.29 is 14.0 Å². The quantitative estimate of drug-likeness (QED) is 0.748. The molecule has 0 fully saturated rings. The normalized spacial score (nSPS) is 12.9. The van der Waals surface area contributed by atoms with Gasteiger partial charge in [-0.25, -0.2) is 0 Å². The summed E-state index contributed by atoms with van der Waals surface area (Å²) in [7, 11) is -0.649. The van der Waals surface area contributed by atoms with Crippen molar-refractivity contribution in [1.82, 2.24) is 0 Å². The van der Waals surface area contributed by atoms with Crippen LogP contribution in [-0.2, 0) is 15.9 Å². The molecule has 1 atom stereocenters. The highest BCUT2D eigenvalue weighted by Gasteiger charge is 2.17. The summed E-state index contributed by atoms with van der Waals surface area (Å²) in [4.78, 5) is 0. The second kappa shape index (κ2) is 7.13. The molecule has 0 aromatic heterocycles. The Balaban J connectivity index is 2.30. The molecule has 3 nitrogen and oxygen atoms in total. The van der Waals surface area contributed by atoms with Gasteiger partial charge in [0, 0.05) is 18.0 Å². The van der Waals surface area contributed by atoms with E-state index < -0.39 is 7.14 Å². The van der Waals surface area contributed by atoms with Gasteiger partial charge >= 0.3 is 0 Å². The predicted octanol–water partition coefficient (Wildman–Crippen LogP) is 4.22. The van der Waals surface area contributed by atoms with Crippen LogP contribution in [0.4, 0.5) is 0 Å². The van der Waals surface area contributed by atoms with E-state index in [9.17, 15) is 4.57 Å². The fraction of sp³-hybridized carbons (Fsp3) is 0.333. The van der Waals surface area contributed by atoms with E-state index in [0.29, 0.717) is 6.61 Å². The molecule has 0 heterocycles. The maximum absolute atomic E-state index is 12.3. The molecule has 2 rings (SSSR count). The van der Waals surface area contributed by atoms with Gasteiger partial charge in [0.2, 0.25) is 0 Å². The van der Waals surface area contributed by atoms with E-state index in [0.717, 1.165) is 22.2 Å². The van der Waals surface area contributed by atoms with E-state index in [1.54, 1.807) is 20.4 Å². The Bertz CT molecular complexity index is 661. The van der Waals surface area contributed by atoms with Gasteiger partial charge in [-0.15, -0.1) is 0 Å². The van der Waals surface area contributed by atoms with Crippen LogP contribution in [0.15, 0.2) is 48.5 Å². The molecule has 2 aromatic rings. The minimum atomic E-state index is -2.32. The van der Waals surface area contributed by atoms with Crippen LogP contribution in [0.1, 0.15) is 24.2 Å². The molecule has 0 aliphatic heterocycles. The summed E-state index contributed by atoms with van der Waals surface area (Å²) >= 11 is 0. The van der Waals surface area contributed by atoms with Gasteiger partial charge in [0.25, 0.3) is 0 Å². The summed E-state index contributed by atoms with van der Waals surface area (Å²) in [5.74, 6) is 0.736. The summed E-state index contributed by atoms with van der Waals surface area (Å²) < 4.78 is 23.7. The average molecular weight is 318 g/mol. The summed E-state index contributed by atoms with van der Waals surface area (Å²) in [5, 5.41) is 0.822. The number of hydrogen-bond acceptors (Lipinski definition) is 3. The second-order valence-electron chi connectivity index (χ2n) is 5.73. The molecular weight excluding hydrogens is 295 g/mol. The number of methoxy groups -OCH3 is 1. The molecule has 118 valence electrons. The van der Waals surface area contributed by atoms with Gasteiger partial charge in [-0.1, -0.05) is 42.5 Å². The summed E-state index contributed by atoms with van der Waals surface area (Å²) in [5.41, 5.74) is 2.07. The van der Waals surface area contributed by atoms with Crippen molar-refractivity contribution in [2.45, 2.75) is 19.6 Å². The SMILES string of the molecule is CO[C@@H](C)c1ccc(P(C)(C)=O)cc1OCc1ccccc1. The molecule has 0 unspecified atom stereocenters. The van der Waals surface area contributed by atoms with Gasteiger partial charge in [0.05, 0.1) is 6.10 Å². The van der Waals surface area contributed by atoms with Crippen molar-refractivity contribution in [1.29, 1.82) is 0 Å². The summed E-state index contributed by atoms with van der Waals surface area (Å²) in [6.45, 7) is 5.98. The molecule has 4 heteroatoms. The lowest BCUT2D eigenvalue weighted by atomic mass is 10.1. The molecule has 0 radical (unpaired) electrons. The fourth-order valence-electron chi connectivity index (χ4n) is 2.18. The van der Waals surface area contributed by atoms with Gasteiger partial charge in [-0.3, -0.25) is 0 Å². The van der Waals surface area contributed by atoms with E-state index in [-0.39, 0.29) is 6.10 Å². The summed E-state index contributed by atoms with van der Waals surface area (Å²) in [6.07, 6.45) is -0.0760. The molecule has 0 saturated heterocycles. The van der Waals surface area contributed by atoms with E-state index in [2.05, 4.69) is 0 Å². The average Bonchev–Trinajstić information content (AvgIpc) is 2.52. The van der Waals surface area contributed by atoms with Gasteiger partial charge in [0.15, 0.2) is 0 Å². The molecular formula is C18H23O3P. The Hall–Kier alpha value is -1.57. The lowest BCUT2D eigenvalue weighted by molar-refractivity contribution is 0.115. The Kier molecular flexibility index (Phi) is 5.44. The third-order valence-corrected chi connectivity index (χ3v) is 5.17. The van der Waals surface area contributed by atoms with Crippen LogP contribution in [0.5, 0.6) is 5.75 Å². The molecule has 0 N–H and O–H groups in total. The molecule has 0 aliphatic rings. The van der Waals surface area contributed by atoms with Crippen LogP contribution in [-0.4, -0.2) is 20.4 Å². The van der Waals surface area contributed by atoms with E-state index in [1.165, 1.54) is 0 Å². The zero-order valence-corrected chi connectivity index (χ0v) is 14.5. The minimum absolute atomic E-state index is 0.0760. The number of ether oxygens (including phenoxy) is 2. The van der Waals surface area contributed by atoms with Crippen molar-refractivity contribution >= 4 is 12.4 Å². The maximum atomic E-state index is 12.3. The highest BCUT2D eigenvalue weighted by molar-refractivity contribution is 7.70. The molecule has 2 aromatic carbocycles. The zero-order chi connectivity index (χ0) is 16.2. The van der Waals surface area contributed by atoms with Gasteiger partial charge in [0.1, 0.15) is 19.5 Å². The molecule has 0 amide bonds. The van der Waals surface area contributed by atoms with E-state index in [1.807, 2.05) is 55.5 Å². The smallest absolute Gasteiger partial charge is 0.126 e. The Morgan fingerprint density at radius 2 is 1.77 bits per heavy atom. The third kappa shape index (κ3) is 4.22. The molecule has 0 aliphatic carbocycles. The first kappa shape index (κ1) is 16.8. The van der Waals surface area contributed by atoms with Crippen molar-refractivity contribution in [3.8, 4) is 5.75 Å². The first-order valence-corrected chi connectivity index (χ1v) is 9.91. The maximum Gasteiger partial charge on any atom is 0.126 e. The number of rotatable bonds is 6. The highest BCUT2D eigenvalue weighted by atomic mass is 31.2. The fourth-order valence-corrected chi connectivity index (χ4v) is 3.04. The van der Waals surface area contributed by atoms with Gasteiger partial charge < -0.3 is 14.0 Å². The topological polar surface area (TPSA) is 35.5 Å². The first-order valence-electron chi connectivity index (χ1n) is 7.31. The van der Waals surface area contributed by atoms with Crippen LogP contribution in [0, 0.1) is 0 Å². The zero-order valence-electron chi connectivity index (χ0n) is 13.6. The van der Waals surface area contributed by atoms with Gasteiger partial charge in [-0.2, -0.15) is 0 Å². The molecule has 22 heavy (non-hydrogen) atoms. The highest BCUT2D eigenvalue weighted by Crippen LogP contribution is 2.37. The van der Waals surface area contributed by atoms with Crippen LogP contribution >= 0.6 is 7.14 Å². The largest absolute Gasteiger partial charge is 0.488 e. The predicted molar refractivity (Wildman–Crippen MR) is 91.7 cm³/mol. The summed E-state index contributed by atoms with van der Waals surface area (Å²) in [6, 6.07) is 15.7. The van der Waals surface area contributed by atoms with Crippen LogP contribution < -0.4 is 10.0 Å².